The fourth-order valence-corrected chi connectivity index (χ4v) is 2.00. The average Bonchev–Trinajstić information content (AvgIpc) is 2.55. The first-order valence-electron chi connectivity index (χ1n) is 6.74. The summed E-state index contributed by atoms with van der Waals surface area (Å²) in [6.07, 6.45) is 1.25. The van der Waals surface area contributed by atoms with Gasteiger partial charge in [-0.1, -0.05) is 15.9 Å². The third-order valence-corrected chi connectivity index (χ3v) is 3.42. The Kier molecular flexibility index (Phi) is 5.85. The van der Waals surface area contributed by atoms with Crippen molar-refractivity contribution in [3.05, 3.63) is 62.6 Å². The van der Waals surface area contributed by atoms with E-state index in [1.165, 1.54) is 18.3 Å². The van der Waals surface area contributed by atoms with Gasteiger partial charge < -0.3 is 10.4 Å². The van der Waals surface area contributed by atoms with Gasteiger partial charge >= 0.3 is 5.69 Å². The van der Waals surface area contributed by atoms with Gasteiger partial charge in [0.15, 0.2) is 5.75 Å². The highest BCUT2D eigenvalue weighted by molar-refractivity contribution is 9.10. The number of rotatable bonds is 6. The molecule has 0 unspecified atom stereocenters. The highest BCUT2D eigenvalue weighted by Gasteiger charge is 2.12. The number of anilines is 1. The molecule has 0 bridgehead atoms. The number of hydrazone groups is 1. The van der Waals surface area contributed by atoms with E-state index in [9.17, 15) is 20.0 Å². The molecular weight excluding hydrogens is 380 g/mol. The number of aromatic hydroxyl groups is 1. The minimum absolute atomic E-state index is 0.0225. The smallest absolute Gasteiger partial charge is 0.311 e. The molecule has 8 nitrogen and oxygen atoms in total. The first kappa shape index (κ1) is 17.4. The Balaban J connectivity index is 1.87. The Labute approximate surface area is 145 Å². The number of hydrogen-bond donors (Lipinski definition) is 3. The lowest BCUT2D eigenvalue weighted by Gasteiger charge is -2.05. The van der Waals surface area contributed by atoms with Crippen molar-refractivity contribution in [2.24, 2.45) is 5.10 Å². The molecule has 0 radical (unpaired) electrons. The van der Waals surface area contributed by atoms with E-state index >= 15 is 0 Å². The quantitative estimate of drug-likeness (QED) is 0.396. The number of nitro groups is 1. The molecule has 0 heterocycles. The lowest BCUT2D eigenvalue weighted by molar-refractivity contribution is -0.385. The summed E-state index contributed by atoms with van der Waals surface area (Å²) >= 11 is 3.32. The van der Waals surface area contributed by atoms with Crippen LogP contribution in [-0.4, -0.2) is 28.7 Å². The molecule has 0 saturated heterocycles. The van der Waals surface area contributed by atoms with Gasteiger partial charge in [0.05, 0.1) is 17.7 Å². The van der Waals surface area contributed by atoms with Gasteiger partial charge in [-0.2, -0.15) is 5.10 Å². The minimum atomic E-state index is -0.701. The predicted octanol–water partition coefficient (Wildman–Crippen LogP) is 2.63. The summed E-state index contributed by atoms with van der Waals surface area (Å²) in [6, 6.07) is 11.1. The first-order chi connectivity index (χ1) is 11.5. The minimum Gasteiger partial charge on any atom is -0.502 e. The van der Waals surface area contributed by atoms with Crippen molar-refractivity contribution in [2.45, 2.75) is 0 Å². The number of nitro benzene ring substituents is 1. The molecule has 2 aromatic rings. The summed E-state index contributed by atoms with van der Waals surface area (Å²) < 4.78 is 0.935. The molecule has 0 saturated carbocycles. The third kappa shape index (κ3) is 5.06. The number of phenols is 1. The number of hydrogen-bond acceptors (Lipinski definition) is 6. The van der Waals surface area contributed by atoms with Gasteiger partial charge in [-0.25, -0.2) is 5.43 Å². The van der Waals surface area contributed by atoms with Crippen LogP contribution in [0.25, 0.3) is 0 Å². The van der Waals surface area contributed by atoms with E-state index in [0.29, 0.717) is 5.56 Å². The van der Waals surface area contributed by atoms with E-state index in [4.69, 9.17) is 0 Å². The van der Waals surface area contributed by atoms with Gasteiger partial charge in [0, 0.05) is 21.8 Å². The van der Waals surface area contributed by atoms with Gasteiger partial charge in [-0.05, 0) is 36.4 Å². The molecule has 0 spiro atoms. The van der Waals surface area contributed by atoms with Crippen LogP contribution >= 0.6 is 15.9 Å². The second-order valence-electron chi connectivity index (χ2n) is 4.66. The summed E-state index contributed by atoms with van der Waals surface area (Å²) in [5, 5.41) is 26.7. The standard InChI is InChI=1S/C15H13BrN4O4/c16-11-2-4-12(5-3-11)17-9-15(22)19-18-8-10-1-6-14(21)13(7-10)20(23)24/h1-8,17,21H,9H2,(H,19,22)/b18-8-. The van der Waals surface area contributed by atoms with E-state index < -0.39 is 16.4 Å². The van der Waals surface area contributed by atoms with Gasteiger partial charge in [0.25, 0.3) is 5.91 Å². The zero-order chi connectivity index (χ0) is 17.5. The van der Waals surface area contributed by atoms with Crippen LogP contribution in [0.5, 0.6) is 5.75 Å². The number of amides is 1. The molecule has 0 aliphatic carbocycles. The van der Waals surface area contributed by atoms with E-state index in [-0.39, 0.29) is 12.5 Å². The molecule has 0 aliphatic rings. The van der Waals surface area contributed by atoms with E-state index in [2.05, 4.69) is 31.8 Å². The Hall–Kier alpha value is -2.94. The molecule has 0 aromatic heterocycles. The van der Waals surface area contributed by atoms with E-state index in [0.717, 1.165) is 16.2 Å². The molecule has 2 aromatic carbocycles. The van der Waals surface area contributed by atoms with Crippen molar-refractivity contribution in [1.29, 1.82) is 0 Å². The molecule has 0 fully saturated rings. The van der Waals surface area contributed by atoms with Crippen LogP contribution in [0.2, 0.25) is 0 Å². The zero-order valence-electron chi connectivity index (χ0n) is 12.3. The van der Waals surface area contributed by atoms with Crippen molar-refractivity contribution in [3.8, 4) is 5.75 Å². The number of nitrogens with one attached hydrogen (secondary N) is 2. The van der Waals surface area contributed by atoms with Crippen molar-refractivity contribution in [1.82, 2.24) is 5.43 Å². The normalized spacial score (nSPS) is 10.5. The van der Waals surface area contributed by atoms with Crippen molar-refractivity contribution >= 4 is 39.4 Å². The number of phenolic OH excluding ortho intramolecular Hbond substituents is 1. The molecule has 0 aliphatic heterocycles. The maximum absolute atomic E-state index is 11.7. The van der Waals surface area contributed by atoms with E-state index in [1.54, 1.807) is 0 Å². The van der Waals surface area contributed by atoms with Crippen LogP contribution in [0, 0.1) is 10.1 Å². The largest absolute Gasteiger partial charge is 0.502 e. The van der Waals surface area contributed by atoms with Crippen LogP contribution in [0.1, 0.15) is 5.56 Å². The average molecular weight is 393 g/mol. The fraction of sp³-hybridized carbons (Fsp3) is 0.0667. The molecule has 9 heteroatoms. The summed E-state index contributed by atoms with van der Waals surface area (Å²) in [6.45, 7) is 0.0225. The molecule has 3 N–H and O–H groups in total. The molecule has 24 heavy (non-hydrogen) atoms. The molecule has 124 valence electrons. The second kappa shape index (κ2) is 8.06. The van der Waals surface area contributed by atoms with Crippen LogP contribution in [-0.2, 0) is 4.79 Å². The highest BCUT2D eigenvalue weighted by Crippen LogP contribution is 2.25. The first-order valence-corrected chi connectivity index (χ1v) is 7.54. The van der Waals surface area contributed by atoms with Gasteiger partial charge in [0.1, 0.15) is 0 Å². The van der Waals surface area contributed by atoms with Gasteiger partial charge in [0.2, 0.25) is 0 Å². The maximum Gasteiger partial charge on any atom is 0.311 e. The zero-order valence-corrected chi connectivity index (χ0v) is 13.9. The van der Waals surface area contributed by atoms with Crippen molar-refractivity contribution in [2.75, 3.05) is 11.9 Å². The third-order valence-electron chi connectivity index (χ3n) is 2.90. The van der Waals surface area contributed by atoms with E-state index in [1.807, 2.05) is 24.3 Å². The van der Waals surface area contributed by atoms with Crippen molar-refractivity contribution in [3.63, 3.8) is 0 Å². The maximum atomic E-state index is 11.7. The lowest BCUT2D eigenvalue weighted by Crippen LogP contribution is -2.25. The Morgan fingerprint density at radius 3 is 2.67 bits per heavy atom. The highest BCUT2D eigenvalue weighted by atomic mass is 79.9. The van der Waals surface area contributed by atoms with Crippen LogP contribution in [0.4, 0.5) is 11.4 Å². The Bertz CT molecular complexity index is 778. The van der Waals surface area contributed by atoms with Crippen molar-refractivity contribution < 1.29 is 14.8 Å². The van der Waals surface area contributed by atoms with Crippen LogP contribution in [0.3, 0.4) is 0 Å². The molecule has 0 atom stereocenters. The number of carbonyl (C=O) groups is 1. The second-order valence-corrected chi connectivity index (χ2v) is 5.57. The SMILES string of the molecule is O=C(CNc1ccc(Br)cc1)N/N=C\c1ccc(O)c([N+](=O)[O-])c1. The van der Waals surface area contributed by atoms with Crippen LogP contribution in [0.15, 0.2) is 52.0 Å². The number of carbonyl (C=O) groups excluding carboxylic acids is 1. The topological polar surface area (TPSA) is 117 Å². The monoisotopic (exact) mass is 392 g/mol. The Morgan fingerprint density at radius 2 is 2.00 bits per heavy atom. The van der Waals surface area contributed by atoms with Crippen LogP contribution < -0.4 is 10.7 Å². The fourth-order valence-electron chi connectivity index (χ4n) is 1.74. The molecular formula is C15H13BrN4O4. The lowest BCUT2D eigenvalue weighted by atomic mass is 10.2. The summed E-state index contributed by atoms with van der Waals surface area (Å²) in [5.41, 5.74) is 3.03. The predicted molar refractivity (Wildman–Crippen MR) is 93.1 cm³/mol. The summed E-state index contributed by atoms with van der Waals surface area (Å²) in [7, 11) is 0. The Morgan fingerprint density at radius 1 is 1.29 bits per heavy atom. The molecule has 2 rings (SSSR count). The number of halogens is 1. The summed E-state index contributed by atoms with van der Waals surface area (Å²) in [5.74, 6) is -0.803. The number of benzene rings is 2. The summed E-state index contributed by atoms with van der Waals surface area (Å²) in [4.78, 5) is 21.7. The van der Waals surface area contributed by atoms with Gasteiger partial charge in [-0.15, -0.1) is 0 Å². The van der Waals surface area contributed by atoms with Gasteiger partial charge in [-0.3, -0.25) is 14.9 Å². The molecule has 1 amide bonds. The number of nitrogens with zero attached hydrogens (tertiary/aromatic N) is 2.